The van der Waals surface area contributed by atoms with Crippen LogP contribution in [0.25, 0.3) is 0 Å². The Morgan fingerprint density at radius 1 is 1.25 bits per heavy atom. The van der Waals surface area contributed by atoms with E-state index >= 15 is 0 Å². The summed E-state index contributed by atoms with van der Waals surface area (Å²) >= 11 is 1.78. The van der Waals surface area contributed by atoms with Crippen LogP contribution in [0, 0.1) is 0 Å². The highest BCUT2D eigenvalue weighted by molar-refractivity contribution is 7.89. The Kier molecular flexibility index (Phi) is 3.19. The van der Waals surface area contributed by atoms with Gasteiger partial charge in [-0.25, -0.2) is 13.6 Å². The van der Waals surface area contributed by atoms with E-state index in [1.54, 1.807) is 23.5 Å². The Hall–Kier alpha value is -1.57. The summed E-state index contributed by atoms with van der Waals surface area (Å²) in [4.78, 5) is 3.60. The van der Waals surface area contributed by atoms with Crippen molar-refractivity contribution < 1.29 is 8.42 Å². The molecule has 1 aromatic heterocycles. The van der Waals surface area contributed by atoms with E-state index in [0.717, 1.165) is 25.2 Å². The van der Waals surface area contributed by atoms with Crippen molar-refractivity contribution in [3.05, 3.63) is 40.1 Å². The number of nitrogen functional groups attached to an aromatic ring is 1. The second-order valence-corrected chi connectivity index (χ2v) is 7.34. The highest BCUT2D eigenvalue weighted by Crippen LogP contribution is 2.30. The number of benzene rings is 1. The van der Waals surface area contributed by atoms with Crippen LogP contribution in [0.3, 0.4) is 0 Å². The molecule has 2 aromatic rings. The molecule has 5 nitrogen and oxygen atoms in total. The average molecular weight is 309 g/mol. The van der Waals surface area contributed by atoms with Gasteiger partial charge in [-0.2, -0.15) is 0 Å². The zero-order valence-electron chi connectivity index (χ0n) is 10.7. The second kappa shape index (κ2) is 4.76. The van der Waals surface area contributed by atoms with E-state index in [9.17, 15) is 8.42 Å². The quantitative estimate of drug-likeness (QED) is 0.824. The third-order valence-corrected chi connectivity index (χ3v) is 5.48. The van der Waals surface area contributed by atoms with Crippen LogP contribution >= 0.6 is 11.3 Å². The number of thiophene rings is 1. The maximum absolute atomic E-state index is 11.4. The molecule has 0 bridgehead atoms. The Morgan fingerprint density at radius 3 is 2.75 bits per heavy atom. The van der Waals surface area contributed by atoms with Gasteiger partial charge in [0.1, 0.15) is 4.90 Å². The molecule has 0 atom stereocenters. The Labute approximate surface area is 121 Å². The molecule has 0 saturated heterocycles. The molecule has 20 heavy (non-hydrogen) atoms. The van der Waals surface area contributed by atoms with Gasteiger partial charge in [0.05, 0.1) is 5.69 Å². The van der Waals surface area contributed by atoms with Crippen molar-refractivity contribution in [2.45, 2.75) is 17.9 Å². The summed E-state index contributed by atoms with van der Waals surface area (Å²) in [6.07, 6.45) is 1.00. The van der Waals surface area contributed by atoms with Crippen molar-refractivity contribution >= 4 is 32.7 Å². The molecule has 1 aliphatic heterocycles. The Bertz CT molecular complexity index is 753. The highest BCUT2D eigenvalue weighted by Gasteiger charge is 2.19. The molecule has 2 heterocycles. The van der Waals surface area contributed by atoms with Crippen LogP contribution in [-0.4, -0.2) is 15.0 Å². The number of primary sulfonamides is 1. The van der Waals surface area contributed by atoms with E-state index in [-0.39, 0.29) is 10.6 Å². The summed E-state index contributed by atoms with van der Waals surface area (Å²) in [7, 11) is -3.76. The lowest BCUT2D eigenvalue weighted by molar-refractivity contribution is 0.598. The first-order chi connectivity index (χ1) is 9.45. The lowest BCUT2D eigenvalue weighted by atomic mass is 10.1. The number of sulfonamides is 1. The molecule has 3 rings (SSSR count). The smallest absolute Gasteiger partial charge is 0.240 e. The van der Waals surface area contributed by atoms with Gasteiger partial charge in [-0.05, 0) is 41.6 Å². The summed E-state index contributed by atoms with van der Waals surface area (Å²) < 4.78 is 22.7. The lowest BCUT2D eigenvalue weighted by Gasteiger charge is -2.29. The Morgan fingerprint density at radius 2 is 2.05 bits per heavy atom. The van der Waals surface area contributed by atoms with Gasteiger partial charge in [0, 0.05) is 23.7 Å². The summed E-state index contributed by atoms with van der Waals surface area (Å²) in [5.41, 5.74) is 8.25. The number of anilines is 2. The number of hydrogen-bond donors (Lipinski definition) is 2. The number of rotatable bonds is 2. The maximum Gasteiger partial charge on any atom is 0.240 e. The number of nitrogens with two attached hydrogens (primary N) is 2. The van der Waals surface area contributed by atoms with E-state index in [1.807, 2.05) is 0 Å². The van der Waals surface area contributed by atoms with E-state index in [1.165, 1.54) is 16.5 Å². The molecule has 0 saturated carbocycles. The molecule has 7 heteroatoms. The normalized spacial score (nSPS) is 15.2. The van der Waals surface area contributed by atoms with Crippen LogP contribution < -0.4 is 15.8 Å². The third kappa shape index (κ3) is 2.39. The topological polar surface area (TPSA) is 89.4 Å². The average Bonchev–Trinajstić information content (AvgIpc) is 2.84. The minimum Gasteiger partial charge on any atom is -0.398 e. The molecule has 0 aliphatic carbocycles. The minimum absolute atomic E-state index is 0.0190. The minimum atomic E-state index is -3.76. The van der Waals surface area contributed by atoms with Crippen LogP contribution in [0.5, 0.6) is 0 Å². The van der Waals surface area contributed by atoms with Gasteiger partial charge in [0.2, 0.25) is 10.0 Å². The van der Waals surface area contributed by atoms with Crippen molar-refractivity contribution in [2.75, 3.05) is 17.2 Å². The first kappa shape index (κ1) is 13.4. The third-order valence-electron chi connectivity index (χ3n) is 3.47. The summed E-state index contributed by atoms with van der Waals surface area (Å²) in [6.45, 7) is 1.73. The zero-order chi connectivity index (χ0) is 14.3. The zero-order valence-corrected chi connectivity index (χ0v) is 12.4. The van der Waals surface area contributed by atoms with Crippen molar-refractivity contribution in [1.29, 1.82) is 0 Å². The molecule has 0 radical (unpaired) electrons. The first-order valence-corrected chi connectivity index (χ1v) is 8.60. The van der Waals surface area contributed by atoms with Crippen molar-refractivity contribution in [1.82, 2.24) is 0 Å². The fraction of sp³-hybridized carbons (Fsp3) is 0.231. The summed E-state index contributed by atoms with van der Waals surface area (Å²) in [5.74, 6) is 0. The molecule has 0 unspecified atom stereocenters. The molecular formula is C13H15N3O2S2. The van der Waals surface area contributed by atoms with Crippen molar-refractivity contribution in [3.63, 3.8) is 0 Å². The SMILES string of the molecule is Nc1cc(N2CCc3sccc3C2)ccc1S(N)(=O)=O. The van der Waals surface area contributed by atoms with Crippen LogP contribution in [0.1, 0.15) is 10.4 Å². The van der Waals surface area contributed by atoms with Crippen molar-refractivity contribution in [3.8, 4) is 0 Å². The van der Waals surface area contributed by atoms with E-state index in [4.69, 9.17) is 10.9 Å². The van der Waals surface area contributed by atoms with Gasteiger partial charge in [-0.1, -0.05) is 0 Å². The van der Waals surface area contributed by atoms with Gasteiger partial charge < -0.3 is 10.6 Å². The highest BCUT2D eigenvalue weighted by atomic mass is 32.2. The lowest BCUT2D eigenvalue weighted by Crippen LogP contribution is -2.29. The molecule has 0 spiro atoms. The molecule has 1 aliphatic rings. The van der Waals surface area contributed by atoms with Gasteiger partial charge >= 0.3 is 0 Å². The van der Waals surface area contributed by atoms with Gasteiger partial charge in [-0.3, -0.25) is 0 Å². The van der Waals surface area contributed by atoms with Crippen LogP contribution in [0.4, 0.5) is 11.4 Å². The molecule has 106 valence electrons. The monoisotopic (exact) mass is 309 g/mol. The molecule has 1 aromatic carbocycles. The fourth-order valence-electron chi connectivity index (χ4n) is 2.46. The molecule has 0 amide bonds. The number of hydrogen-bond acceptors (Lipinski definition) is 5. The van der Waals surface area contributed by atoms with E-state index in [0.29, 0.717) is 0 Å². The van der Waals surface area contributed by atoms with Crippen LogP contribution in [-0.2, 0) is 23.0 Å². The first-order valence-electron chi connectivity index (χ1n) is 6.17. The number of nitrogens with zero attached hydrogens (tertiary/aromatic N) is 1. The second-order valence-electron chi connectivity index (χ2n) is 4.81. The summed E-state index contributed by atoms with van der Waals surface area (Å²) in [5, 5.41) is 7.22. The standard InChI is InChI=1S/C13H15N3O2S2/c14-11-7-10(1-2-13(11)20(15,17)18)16-5-3-12-9(8-16)4-6-19-12/h1-2,4,6-7H,3,5,8,14H2,(H2,15,17,18). The van der Waals surface area contributed by atoms with E-state index < -0.39 is 10.0 Å². The van der Waals surface area contributed by atoms with Crippen LogP contribution in [0.15, 0.2) is 34.5 Å². The fourth-order valence-corrected chi connectivity index (χ4v) is 4.00. The molecule has 0 fully saturated rings. The van der Waals surface area contributed by atoms with Gasteiger partial charge in [0.25, 0.3) is 0 Å². The maximum atomic E-state index is 11.4. The van der Waals surface area contributed by atoms with Crippen LogP contribution in [0.2, 0.25) is 0 Å². The van der Waals surface area contributed by atoms with Gasteiger partial charge in [-0.15, -0.1) is 11.3 Å². The predicted octanol–water partition coefficient (Wildman–Crippen LogP) is 1.54. The molecular weight excluding hydrogens is 294 g/mol. The summed E-state index contributed by atoms with van der Waals surface area (Å²) in [6, 6.07) is 7.04. The predicted molar refractivity (Wildman–Crippen MR) is 81.3 cm³/mol. The molecule has 4 N–H and O–H groups in total. The van der Waals surface area contributed by atoms with Crippen molar-refractivity contribution in [2.24, 2.45) is 5.14 Å². The number of fused-ring (bicyclic) bond motifs is 1. The Balaban J connectivity index is 1.91. The largest absolute Gasteiger partial charge is 0.398 e. The van der Waals surface area contributed by atoms with Gasteiger partial charge in [0.15, 0.2) is 0 Å². The van der Waals surface area contributed by atoms with E-state index in [2.05, 4.69) is 16.3 Å².